The van der Waals surface area contributed by atoms with Gasteiger partial charge in [0, 0.05) is 18.1 Å². The number of benzene rings is 1. The highest BCUT2D eigenvalue weighted by atomic mass is 32.2. The van der Waals surface area contributed by atoms with Gasteiger partial charge in [0.1, 0.15) is 6.04 Å². The van der Waals surface area contributed by atoms with Gasteiger partial charge >= 0.3 is 12.1 Å². The smallest absolute Gasteiger partial charge is 0.416 e. The van der Waals surface area contributed by atoms with E-state index in [2.05, 4.69) is 0 Å². The lowest BCUT2D eigenvalue weighted by Crippen LogP contribution is -2.46. The molecule has 0 unspecified atom stereocenters. The van der Waals surface area contributed by atoms with Crippen molar-refractivity contribution in [1.29, 1.82) is 0 Å². The van der Waals surface area contributed by atoms with Crippen LogP contribution in [0, 0.1) is 0 Å². The number of rotatable bonds is 4. The Labute approximate surface area is 148 Å². The highest BCUT2D eigenvalue weighted by Crippen LogP contribution is 2.30. The maximum Gasteiger partial charge on any atom is 0.416 e. The molecule has 1 aliphatic rings. The zero-order valence-electron chi connectivity index (χ0n) is 13.5. The summed E-state index contributed by atoms with van der Waals surface area (Å²) < 4.78 is 68.9. The Morgan fingerprint density at radius 3 is 2.52 bits per heavy atom. The third-order valence-corrected chi connectivity index (χ3v) is 6.77. The largest absolute Gasteiger partial charge is 0.465 e. The molecule has 0 saturated carbocycles. The predicted molar refractivity (Wildman–Crippen MR) is 88.5 cm³/mol. The summed E-state index contributed by atoms with van der Waals surface area (Å²) in [5, 5.41) is 0. The number of alkyl halides is 3. The van der Waals surface area contributed by atoms with Crippen LogP contribution in [0.4, 0.5) is 13.2 Å². The average Bonchev–Trinajstić information content (AvgIpc) is 2.66. The minimum Gasteiger partial charge on any atom is -0.465 e. The molecule has 1 aromatic carbocycles. The third kappa shape index (κ3) is 5.11. The second kappa shape index (κ2) is 7.96. The maximum atomic E-state index is 12.6. The summed E-state index contributed by atoms with van der Waals surface area (Å²) in [7, 11) is -3.72. The normalized spacial score (nSPS) is 21.5. The van der Waals surface area contributed by atoms with Crippen LogP contribution in [0.5, 0.6) is 0 Å². The first kappa shape index (κ1) is 20.1. The van der Waals surface area contributed by atoms with Crippen LogP contribution >= 0.6 is 11.8 Å². The van der Waals surface area contributed by atoms with Crippen LogP contribution in [-0.4, -0.2) is 48.6 Å². The van der Waals surface area contributed by atoms with Crippen molar-refractivity contribution in [2.24, 2.45) is 0 Å². The summed E-state index contributed by atoms with van der Waals surface area (Å²) in [4.78, 5) is 12.1. The lowest BCUT2D eigenvalue weighted by molar-refractivity contribution is -0.147. The molecule has 0 aliphatic carbocycles. The summed E-state index contributed by atoms with van der Waals surface area (Å²) in [6, 6.07) is 3.25. The minimum absolute atomic E-state index is 0.119. The number of halogens is 3. The van der Waals surface area contributed by atoms with Gasteiger partial charge in [0.25, 0.3) is 0 Å². The molecule has 0 radical (unpaired) electrons. The molecule has 5 nitrogen and oxygen atoms in total. The second-order valence-corrected chi connectivity index (χ2v) is 8.59. The Bertz CT molecular complexity index is 704. The SMILES string of the molecule is CCOC(=O)[C@@H]1CSCCS(=O)(=O)N1Cc1ccc(C(F)(F)F)cc1. The Kier molecular flexibility index (Phi) is 6.39. The van der Waals surface area contributed by atoms with Gasteiger partial charge in [-0.2, -0.15) is 29.2 Å². The Morgan fingerprint density at radius 1 is 1.32 bits per heavy atom. The van der Waals surface area contributed by atoms with Crippen molar-refractivity contribution in [3.8, 4) is 0 Å². The number of sulfonamides is 1. The zero-order chi connectivity index (χ0) is 18.7. The second-order valence-electron chi connectivity index (χ2n) is 5.40. The van der Waals surface area contributed by atoms with Gasteiger partial charge in [0.2, 0.25) is 10.0 Å². The molecule has 10 heteroatoms. The number of carbonyl (C=O) groups is 1. The molecule has 1 fully saturated rings. The van der Waals surface area contributed by atoms with E-state index in [0.29, 0.717) is 11.3 Å². The fourth-order valence-electron chi connectivity index (χ4n) is 2.37. The molecule has 1 saturated heterocycles. The van der Waals surface area contributed by atoms with Gasteiger partial charge in [-0.1, -0.05) is 12.1 Å². The van der Waals surface area contributed by atoms with Crippen molar-refractivity contribution in [3.05, 3.63) is 35.4 Å². The molecule has 2 rings (SSSR count). The fourth-order valence-corrected chi connectivity index (χ4v) is 5.61. The molecule has 1 aliphatic heterocycles. The number of hydrogen-bond acceptors (Lipinski definition) is 5. The molecular weight excluding hydrogens is 379 g/mol. The van der Waals surface area contributed by atoms with Crippen LogP contribution in [-0.2, 0) is 32.3 Å². The summed E-state index contributed by atoms with van der Waals surface area (Å²) in [6.45, 7) is 1.56. The van der Waals surface area contributed by atoms with Crippen molar-refractivity contribution in [1.82, 2.24) is 4.31 Å². The maximum absolute atomic E-state index is 12.6. The van der Waals surface area contributed by atoms with Crippen LogP contribution < -0.4 is 0 Å². The summed E-state index contributed by atoms with van der Waals surface area (Å²) in [5.41, 5.74) is -0.440. The number of thioether (sulfide) groups is 1. The third-order valence-electron chi connectivity index (χ3n) is 3.64. The van der Waals surface area contributed by atoms with E-state index in [4.69, 9.17) is 4.74 Å². The number of nitrogens with zero attached hydrogens (tertiary/aromatic N) is 1. The zero-order valence-corrected chi connectivity index (χ0v) is 15.1. The van der Waals surface area contributed by atoms with Crippen molar-refractivity contribution in [2.45, 2.75) is 25.7 Å². The summed E-state index contributed by atoms with van der Waals surface area (Å²) in [5.74, 6) is -0.179. The first-order valence-electron chi connectivity index (χ1n) is 7.55. The van der Waals surface area contributed by atoms with Crippen LogP contribution in [0.25, 0.3) is 0 Å². The first-order valence-corrected chi connectivity index (χ1v) is 10.3. The molecular formula is C15H18F3NO4S2. The van der Waals surface area contributed by atoms with Gasteiger partial charge < -0.3 is 4.74 Å². The minimum atomic E-state index is -4.46. The van der Waals surface area contributed by atoms with E-state index in [0.717, 1.165) is 16.4 Å². The van der Waals surface area contributed by atoms with Gasteiger partial charge in [-0.05, 0) is 24.6 Å². The van der Waals surface area contributed by atoms with Crippen LogP contribution in [0.3, 0.4) is 0 Å². The van der Waals surface area contributed by atoms with E-state index in [1.165, 1.54) is 23.9 Å². The molecule has 25 heavy (non-hydrogen) atoms. The molecule has 0 aromatic heterocycles. The van der Waals surface area contributed by atoms with Crippen molar-refractivity contribution in [3.63, 3.8) is 0 Å². The van der Waals surface area contributed by atoms with Crippen molar-refractivity contribution >= 4 is 27.8 Å². The van der Waals surface area contributed by atoms with Gasteiger partial charge in [-0.15, -0.1) is 0 Å². The Balaban J connectivity index is 2.28. The van der Waals surface area contributed by atoms with E-state index >= 15 is 0 Å². The predicted octanol–water partition coefficient (Wildman–Crippen LogP) is 2.52. The molecule has 0 spiro atoms. The highest BCUT2D eigenvalue weighted by Gasteiger charge is 2.38. The quantitative estimate of drug-likeness (QED) is 0.731. The lowest BCUT2D eigenvalue weighted by atomic mass is 10.1. The summed E-state index contributed by atoms with van der Waals surface area (Å²) >= 11 is 1.33. The van der Waals surface area contributed by atoms with Crippen LogP contribution in [0.1, 0.15) is 18.1 Å². The van der Waals surface area contributed by atoms with E-state index in [9.17, 15) is 26.4 Å². The molecule has 0 amide bonds. The van der Waals surface area contributed by atoms with Crippen LogP contribution in [0.15, 0.2) is 24.3 Å². The average molecular weight is 397 g/mol. The highest BCUT2D eigenvalue weighted by molar-refractivity contribution is 8.00. The lowest BCUT2D eigenvalue weighted by Gasteiger charge is -2.27. The number of carbonyl (C=O) groups excluding carboxylic acids is 1. The summed E-state index contributed by atoms with van der Waals surface area (Å²) in [6.07, 6.45) is -4.46. The number of hydrogen-bond donors (Lipinski definition) is 0. The number of ether oxygens (including phenoxy) is 1. The van der Waals surface area contributed by atoms with E-state index in [1.807, 2.05) is 0 Å². The standard InChI is InChI=1S/C15H18F3NO4S2/c1-2-23-14(20)13-10-24-7-8-25(21,22)19(13)9-11-3-5-12(6-4-11)15(16,17)18/h3-6,13H,2,7-10H2,1H3/t13-/m0/s1. The van der Waals surface area contributed by atoms with Crippen molar-refractivity contribution in [2.75, 3.05) is 23.9 Å². The molecule has 1 aromatic rings. The first-order chi connectivity index (χ1) is 11.6. The van der Waals surface area contributed by atoms with E-state index in [-0.39, 0.29) is 24.7 Å². The topological polar surface area (TPSA) is 63.7 Å². The fraction of sp³-hybridized carbons (Fsp3) is 0.533. The Morgan fingerprint density at radius 2 is 1.96 bits per heavy atom. The van der Waals surface area contributed by atoms with Gasteiger partial charge in [0.15, 0.2) is 0 Å². The van der Waals surface area contributed by atoms with Gasteiger partial charge in [-0.3, -0.25) is 4.79 Å². The van der Waals surface area contributed by atoms with E-state index < -0.39 is 33.8 Å². The molecule has 140 valence electrons. The molecule has 1 atom stereocenters. The molecule has 1 heterocycles. The van der Waals surface area contributed by atoms with Crippen LogP contribution in [0.2, 0.25) is 0 Å². The monoisotopic (exact) mass is 397 g/mol. The van der Waals surface area contributed by atoms with Gasteiger partial charge in [-0.25, -0.2) is 8.42 Å². The van der Waals surface area contributed by atoms with E-state index in [1.54, 1.807) is 6.92 Å². The van der Waals surface area contributed by atoms with Crippen molar-refractivity contribution < 1.29 is 31.1 Å². The molecule has 0 bridgehead atoms. The Hall–Kier alpha value is -1.26. The van der Waals surface area contributed by atoms with Gasteiger partial charge in [0.05, 0.1) is 17.9 Å². The molecule has 0 N–H and O–H groups in total. The number of esters is 1.